The third-order valence-corrected chi connectivity index (χ3v) is 9.15. The fourth-order valence-electron chi connectivity index (χ4n) is 6.52. The summed E-state index contributed by atoms with van der Waals surface area (Å²) >= 11 is 0. The summed E-state index contributed by atoms with van der Waals surface area (Å²) in [7, 11) is 0. The van der Waals surface area contributed by atoms with E-state index in [0.29, 0.717) is 31.1 Å². The standard InChI is InChI=1S/C29H41F3N6O6/c1-7-38-20(10-15(4)36-38)44-13-19(39)18(11-16-8-9-33-24(16)40)34-25(41)23-21-17(28(21,5)6)12-37(23)26(42)22(14(2)3)35-27(43)29(30,31)32/h10,14,16-18,21-23H,7-9,11-13H2,1-6H3,(H,33,40)(H,34,41)(H,35,43)/t16-,17-,18-,21-,22-,23-/m0/s1. The Kier molecular flexibility index (Phi) is 9.36. The number of likely N-dealkylation sites (tertiary alicyclic amines) is 1. The molecule has 0 spiro atoms. The Labute approximate surface area is 253 Å². The van der Waals surface area contributed by atoms with E-state index in [2.05, 4.69) is 15.7 Å². The van der Waals surface area contributed by atoms with Crippen molar-refractivity contribution in [2.45, 2.75) is 85.2 Å². The maximum absolute atomic E-state index is 13.9. The lowest BCUT2D eigenvalue weighted by Gasteiger charge is -2.35. The first-order valence-electron chi connectivity index (χ1n) is 14.9. The maximum Gasteiger partial charge on any atom is 0.471 e. The molecule has 3 N–H and O–H groups in total. The average Bonchev–Trinajstić information content (AvgIpc) is 3.41. The molecule has 44 heavy (non-hydrogen) atoms. The molecule has 12 nitrogen and oxygen atoms in total. The number of aromatic nitrogens is 2. The summed E-state index contributed by atoms with van der Waals surface area (Å²) < 4.78 is 46.4. The second kappa shape index (κ2) is 12.4. The Hall–Kier alpha value is -3.65. The minimum atomic E-state index is -5.19. The van der Waals surface area contributed by atoms with E-state index in [-0.39, 0.29) is 36.1 Å². The SMILES string of the molecule is CCn1nc(C)cc1OCC(=O)[C@H](C[C@@H]1CCNC1=O)NC(=O)[C@@H]1[C@@H]2[C@H](CN1C(=O)[C@@H](NC(=O)C(F)(F)F)C(C)C)C2(C)C. The highest BCUT2D eigenvalue weighted by molar-refractivity contribution is 5.97. The van der Waals surface area contributed by atoms with Crippen LogP contribution >= 0.6 is 0 Å². The summed E-state index contributed by atoms with van der Waals surface area (Å²) in [4.78, 5) is 66.4. The van der Waals surface area contributed by atoms with E-state index in [1.54, 1.807) is 23.0 Å². The molecule has 1 aromatic rings. The molecule has 2 saturated heterocycles. The molecule has 0 radical (unpaired) electrons. The zero-order valence-electron chi connectivity index (χ0n) is 25.8. The number of carbonyl (C=O) groups excluding carboxylic acids is 5. The van der Waals surface area contributed by atoms with Crippen LogP contribution in [0.25, 0.3) is 0 Å². The van der Waals surface area contributed by atoms with E-state index >= 15 is 0 Å². The molecule has 0 unspecified atom stereocenters. The lowest BCUT2D eigenvalue weighted by Crippen LogP contribution is -2.59. The lowest BCUT2D eigenvalue weighted by atomic mass is 9.94. The largest absolute Gasteiger partial charge is 0.471 e. The van der Waals surface area contributed by atoms with Crippen molar-refractivity contribution in [1.29, 1.82) is 0 Å². The molecule has 1 aromatic heterocycles. The van der Waals surface area contributed by atoms with Crippen LogP contribution in [0.4, 0.5) is 13.2 Å². The molecule has 3 aliphatic rings. The van der Waals surface area contributed by atoms with E-state index in [4.69, 9.17) is 4.74 Å². The van der Waals surface area contributed by atoms with Crippen molar-refractivity contribution in [2.75, 3.05) is 19.7 Å². The first-order chi connectivity index (χ1) is 20.5. The number of fused-ring (bicyclic) bond motifs is 1. The third-order valence-electron chi connectivity index (χ3n) is 9.15. The van der Waals surface area contributed by atoms with Crippen molar-refractivity contribution < 1.29 is 41.9 Å². The number of carbonyl (C=O) groups is 5. The van der Waals surface area contributed by atoms with Gasteiger partial charge in [-0.05, 0) is 49.9 Å². The quantitative estimate of drug-likeness (QED) is 0.317. The molecule has 1 saturated carbocycles. The number of ether oxygens (including phenoxy) is 1. The second-order valence-corrected chi connectivity index (χ2v) is 12.9. The van der Waals surface area contributed by atoms with Gasteiger partial charge in [0.05, 0.1) is 11.7 Å². The number of nitrogens with one attached hydrogen (secondary N) is 3. The average molecular weight is 627 g/mol. The van der Waals surface area contributed by atoms with Gasteiger partial charge in [-0.15, -0.1) is 0 Å². The predicted molar refractivity (Wildman–Crippen MR) is 150 cm³/mol. The Bertz CT molecular complexity index is 1310. The van der Waals surface area contributed by atoms with Crippen molar-refractivity contribution in [3.05, 3.63) is 11.8 Å². The van der Waals surface area contributed by atoms with Crippen molar-refractivity contribution in [1.82, 2.24) is 30.6 Å². The van der Waals surface area contributed by atoms with E-state index in [9.17, 15) is 37.1 Å². The fourth-order valence-corrected chi connectivity index (χ4v) is 6.52. The molecule has 0 bridgehead atoms. The summed E-state index contributed by atoms with van der Waals surface area (Å²) in [5.74, 6) is -5.66. The van der Waals surface area contributed by atoms with Crippen LogP contribution in [-0.2, 0) is 30.5 Å². The zero-order chi connectivity index (χ0) is 32.7. The fraction of sp³-hybridized carbons (Fsp3) is 0.724. The number of aryl methyl sites for hydroxylation is 2. The highest BCUT2D eigenvalue weighted by Crippen LogP contribution is 2.65. The van der Waals surface area contributed by atoms with Gasteiger partial charge < -0.3 is 25.6 Å². The summed E-state index contributed by atoms with van der Waals surface area (Å²) in [6.07, 6.45) is -4.70. The Morgan fingerprint density at radius 1 is 1.20 bits per heavy atom. The molecule has 2 aliphatic heterocycles. The van der Waals surface area contributed by atoms with Gasteiger partial charge in [0.15, 0.2) is 12.4 Å². The van der Waals surface area contributed by atoms with Crippen molar-refractivity contribution in [3.63, 3.8) is 0 Å². The van der Waals surface area contributed by atoms with Crippen molar-refractivity contribution >= 4 is 29.4 Å². The number of ketones is 1. The van der Waals surface area contributed by atoms with E-state index in [1.165, 1.54) is 18.7 Å². The van der Waals surface area contributed by atoms with Crippen LogP contribution in [-0.4, -0.2) is 88.1 Å². The van der Waals surface area contributed by atoms with Gasteiger partial charge in [-0.3, -0.25) is 24.0 Å². The minimum absolute atomic E-state index is 0.0141. The number of Topliss-reactive ketones (excluding diaryl/α,β-unsaturated/α-hetero) is 1. The molecule has 4 rings (SSSR count). The zero-order valence-corrected chi connectivity index (χ0v) is 25.8. The van der Waals surface area contributed by atoms with Gasteiger partial charge in [-0.1, -0.05) is 27.7 Å². The highest BCUT2D eigenvalue weighted by Gasteiger charge is 2.69. The van der Waals surface area contributed by atoms with E-state index in [0.717, 1.165) is 0 Å². The number of amides is 4. The molecule has 0 aromatic carbocycles. The number of alkyl halides is 3. The van der Waals surface area contributed by atoms with Crippen LogP contribution in [0.5, 0.6) is 5.88 Å². The molecule has 1 aliphatic carbocycles. The summed E-state index contributed by atoms with van der Waals surface area (Å²) in [6.45, 7) is 11.2. The Balaban J connectivity index is 1.55. The first-order valence-corrected chi connectivity index (χ1v) is 14.9. The number of hydrogen-bond donors (Lipinski definition) is 3. The molecule has 3 fully saturated rings. The van der Waals surface area contributed by atoms with Crippen LogP contribution in [0, 0.1) is 36.0 Å². The number of piperidine rings is 1. The minimum Gasteiger partial charge on any atom is -0.470 e. The number of nitrogens with zero attached hydrogens (tertiary/aromatic N) is 3. The maximum atomic E-state index is 13.9. The summed E-state index contributed by atoms with van der Waals surface area (Å²) in [6, 6.07) is -2.04. The third kappa shape index (κ3) is 6.70. The van der Waals surface area contributed by atoms with Gasteiger partial charge in [0.2, 0.25) is 23.6 Å². The normalized spacial score (nSPS) is 25.2. The van der Waals surface area contributed by atoms with Gasteiger partial charge >= 0.3 is 12.1 Å². The monoisotopic (exact) mass is 626 g/mol. The summed E-state index contributed by atoms with van der Waals surface area (Å²) in [5.41, 5.74) is 0.367. The molecule has 6 atom stereocenters. The predicted octanol–water partition coefficient (Wildman–Crippen LogP) is 1.36. The molecule has 244 valence electrons. The van der Waals surface area contributed by atoms with E-state index in [1.807, 2.05) is 20.8 Å². The van der Waals surface area contributed by atoms with Gasteiger partial charge in [0.25, 0.3) is 0 Å². The highest BCUT2D eigenvalue weighted by atomic mass is 19.4. The van der Waals surface area contributed by atoms with Crippen molar-refractivity contribution in [3.8, 4) is 5.88 Å². The topological polar surface area (TPSA) is 152 Å². The van der Waals surface area contributed by atoms with Crippen LogP contribution in [0.2, 0.25) is 0 Å². The van der Waals surface area contributed by atoms with Gasteiger partial charge in [0.1, 0.15) is 12.1 Å². The van der Waals surface area contributed by atoms with Crippen LogP contribution < -0.4 is 20.7 Å². The number of rotatable bonds is 12. The lowest BCUT2D eigenvalue weighted by molar-refractivity contribution is -0.175. The number of halogens is 3. The second-order valence-electron chi connectivity index (χ2n) is 12.9. The molecule has 4 amide bonds. The molecule has 3 heterocycles. The smallest absolute Gasteiger partial charge is 0.470 e. The first kappa shape index (κ1) is 33.2. The molecular formula is C29H41F3N6O6. The van der Waals surface area contributed by atoms with Crippen molar-refractivity contribution in [2.24, 2.45) is 29.1 Å². The van der Waals surface area contributed by atoms with Crippen LogP contribution in [0.15, 0.2) is 6.07 Å². The number of hydrogen-bond acceptors (Lipinski definition) is 7. The Morgan fingerprint density at radius 3 is 2.45 bits per heavy atom. The van der Waals surface area contributed by atoms with Gasteiger partial charge in [0, 0.05) is 31.6 Å². The summed E-state index contributed by atoms with van der Waals surface area (Å²) in [5, 5.41) is 11.6. The van der Waals surface area contributed by atoms with Gasteiger partial charge in [-0.2, -0.15) is 18.3 Å². The Morgan fingerprint density at radius 2 is 1.89 bits per heavy atom. The van der Waals surface area contributed by atoms with Gasteiger partial charge in [-0.25, -0.2) is 4.68 Å². The molecule has 15 heteroatoms. The van der Waals surface area contributed by atoms with Crippen LogP contribution in [0.3, 0.4) is 0 Å². The molecular weight excluding hydrogens is 585 g/mol. The van der Waals surface area contributed by atoms with Crippen LogP contribution in [0.1, 0.15) is 53.2 Å². The van der Waals surface area contributed by atoms with E-state index < -0.39 is 66.2 Å².